The average Bonchev–Trinajstić information content (AvgIpc) is 2.84. The fourth-order valence-electron chi connectivity index (χ4n) is 3.74. The smallest absolute Gasteiger partial charge is 0.540 e. The van der Waals surface area contributed by atoms with E-state index in [1.54, 1.807) is 24.3 Å². The largest absolute Gasteiger partial charge is 1.00 e. The van der Waals surface area contributed by atoms with Gasteiger partial charge in [-0.2, -0.15) is 0 Å². The molecule has 0 spiro atoms. The van der Waals surface area contributed by atoms with Gasteiger partial charge in [0.2, 0.25) is 0 Å². The molecule has 39 heavy (non-hydrogen) atoms. The molecule has 226 valence electrons. The van der Waals surface area contributed by atoms with Crippen molar-refractivity contribution in [2.75, 3.05) is 6.26 Å². The molecule has 7 heteroatoms. The average molecular weight is 614 g/mol. The van der Waals surface area contributed by atoms with Crippen LogP contribution in [0.1, 0.15) is 133 Å². The number of carbonyl (C=O) groups excluding carboxylic acids is 1. The van der Waals surface area contributed by atoms with Crippen molar-refractivity contribution in [2.24, 2.45) is 17.3 Å². The molecule has 1 aromatic carbocycles. The van der Waals surface area contributed by atoms with E-state index in [0.717, 1.165) is 23.7 Å². The number of benzene rings is 1. The monoisotopic (exact) mass is 613 g/mol. The van der Waals surface area contributed by atoms with Gasteiger partial charge in [0.15, 0.2) is 0 Å². The summed E-state index contributed by atoms with van der Waals surface area (Å²) in [6, 6.07) is 6.01. The second-order valence-electron chi connectivity index (χ2n) is 11.0. The normalized spacial score (nSPS) is 13.1. The van der Waals surface area contributed by atoms with Crippen molar-refractivity contribution >= 4 is 27.4 Å². The van der Waals surface area contributed by atoms with E-state index >= 15 is 0 Å². The van der Waals surface area contributed by atoms with Crippen LogP contribution in [0.5, 0.6) is 0 Å². The van der Waals surface area contributed by atoms with Crippen LogP contribution in [0.3, 0.4) is 0 Å². The molecule has 0 bridgehead atoms. The van der Waals surface area contributed by atoms with Crippen LogP contribution < -0.4 is 51.4 Å². The fourth-order valence-corrected chi connectivity index (χ4v) is 4.55. The zero-order valence-electron chi connectivity index (χ0n) is 27.9. The number of sulfonamides is 1. The molecule has 0 aromatic heterocycles. The summed E-state index contributed by atoms with van der Waals surface area (Å²) in [5.41, 5.74) is 1.37. The van der Waals surface area contributed by atoms with Gasteiger partial charge < -0.3 is 9.52 Å². The van der Waals surface area contributed by atoms with Crippen LogP contribution in [0.4, 0.5) is 0 Å². The van der Waals surface area contributed by atoms with Crippen LogP contribution in [-0.4, -0.2) is 26.5 Å². The minimum atomic E-state index is -3.52. The molecule has 0 saturated carbocycles. The zero-order chi connectivity index (χ0) is 30.4. The van der Waals surface area contributed by atoms with Crippen molar-refractivity contribution in [2.45, 2.75) is 140 Å². The number of hydrogen-bond donors (Lipinski definition) is 0. The molecule has 0 N–H and O–H groups in total. The standard InChI is InChI=1S/C16H34.C11H13ClNO3S.C3H8.C2H6.K/c1-7-10-15(12-11-14(4)8-2)13-16(5,6)9-3;1-8(14)11(13-17(2,15)16)7-9-3-5-10(12)6-4-9;1-3-2;1-2;/h14-15H,7-13H2,1-6H3;3-6,11H,7H2,1-2H3;3H2,1-2H3;1-2H3;/q;-1;;;+1. The quantitative estimate of drug-likeness (QED) is 0.202. The molecular weight excluding hydrogens is 553 g/mol. The van der Waals surface area contributed by atoms with Gasteiger partial charge in [0.05, 0.1) is 10.0 Å². The predicted molar refractivity (Wildman–Crippen MR) is 171 cm³/mol. The SMILES string of the molecule is CC.CC(=O)C(Cc1ccc(Cl)cc1)[N-]S(C)(=O)=O.CCC.CCCC(CCC(C)CC)CC(C)(C)CC.[K+]. The van der Waals surface area contributed by atoms with E-state index in [4.69, 9.17) is 11.6 Å². The molecule has 0 aliphatic rings. The van der Waals surface area contributed by atoms with Crippen LogP contribution in [0.2, 0.25) is 5.02 Å². The zero-order valence-corrected chi connectivity index (χ0v) is 32.6. The van der Waals surface area contributed by atoms with Gasteiger partial charge >= 0.3 is 51.4 Å². The number of ketones is 1. The molecule has 0 heterocycles. The Morgan fingerprint density at radius 2 is 1.46 bits per heavy atom. The summed E-state index contributed by atoms with van der Waals surface area (Å²) < 4.78 is 25.6. The molecule has 0 amide bonds. The van der Waals surface area contributed by atoms with Gasteiger partial charge in [0, 0.05) is 11.3 Å². The van der Waals surface area contributed by atoms with Crippen molar-refractivity contribution in [1.82, 2.24) is 0 Å². The predicted octanol–water partition coefficient (Wildman–Crippen LogP) is 7.68. The second-order valence-corrected chi connectivity index (χ2v) is 13.1. The maximum absolute atomic E-state index is 11.3. The third kappa shape index (κ3) is 30.0. The van der Waals surface area contributed by atoms with Crippen LogP contribution in [0.25, 0.3) is 4.72 Å². The van der Waals surface area contributed by atoms with Crippen molar-refractivity contribution in [3.8, 4) is 0 Å². The van der Waals surface area contributed by atoms with Gasteiger partial charge in [0.1, 0.15) is 5.78 Å². The number of carbonyl (C=O) groups is 1. The first-order chi connectivity index (χ1) is 17.6. The van der Waals surface area contributed by atoms with Crippen molar-refractivity contribution < 1.29 is 64.6 Å². The van der Waals surface area contributed by atoms with E-state index in [2.05, 4.69) is 60.1 Å². The number of Topliss-reactive ketones (excluding diaryl/α,β-unsaturated/α-hetero) is 1. The number of halogens is 1. The van der Waals surface area contributed by atoms with Crippen LogP contribution >= 0.6 is 11.6 Å². The fraction of sp³-hybridized carbons (Fsp3) is 0.781. The molecule has 4 nitrogen and oxygen atoms in total. The Balaban J connectivity index is -0.000000264. The Bertz CT molecular complexity index is 798. The molecule has 3 unspecified atom stereocenters. The number of hydrogen-bond acceptors (Lipinski definition) is 3. The molecule has 0 aliphatic heterocycles. The Hall–Kier alpha value is 0.726. The minimum absolute atomic E-state index is 0. The first-order valence-electron chi connectivity index (χ1n) is 14.8. The topological polar surface area (TPSA) is 65.3 Å². The van der Waals surface area contributed by atoms with Gasteiger partial charge in [0.25, 0.3) is 0 Å². The van der Waals surface area contributed by atoms with Crippen molar-refractivity contribution in [3.05, 3.63) is 39.6 Å². The van der Waals surface area contributed by atoms with Gasteiger partial charge in [-0.1, -0.05) is 144 Å². The van der Waals surface area contributed by atoms with E-state index < -0.39 is 16.1 Å². The van der Waals surface area contributed by atoms with Crippen LogP contribution in [0.15, 0.2) is 24.3 Å². The van der Waals surface area contributed by atoms with Gasteiger partial charge in [-0.05, 0) is 54.7 Å². The Kier molecular flexibility index (Phi) is 33.0. The van der Waals surface area contributed by atoms with Gasteiger partial charge in [-0.25, -0.2) is 8.42 Å². The number of rotatable bonds is 14. The first-order valence-corrected chi connectivity index (χ1v) is 17.0. The summed E-state index contributed by atoms with van der Waals surface area (Å²) in [6.45, 7) is 23.8. The van der Waals surface area contributed by atoms with E-state index in [1.165, 1.54) is 58.3 Å². The first kappa shape index (κ1) is 46.7. The maximum Gasteiger partial charge on any atom is 1.00 e. The van der Waals surface area contributed by atoms with E-state index in [9.17, 15) is 13.2 Å². The van der Waals surface area contributed by atoms with E-state index in [1.807, 2.05) is 13.8 Å². The summed E-state index contributed by atoms with van der Waals surface area (Å²) in [4.78, 5) is 11.3. The van der Waals surface area contributed by atoms with Crippen molar-refractivity contribution in [3.63, 3.8) is 0 Å². The molecule has 0 aliphatic carbocycles. The molecule has 0 saturated heterocycles. The van der Waals surface area contributed by atoms with Crippen LogP contribution in [0, 0.1) is 17.3 Å². The Labute approximate surface area is 292 Å². The number of nitrogens with zero attached hydrogens (tertiary/aromatic N) is 1. The molecular formula is C32H61ClKNO3S. The molecule has 1 rings (SSSR count). The molecule has 3 atom stereocenters. The molecule has 0 fully saturated rings. The third-order valence-electron chi connectivity index (χ3n) is 6.39. The Morgan fingerprint density at radius 3 is 1.82 bits per heavy atom. The molecule has 0 radical (unpaired) electrons. The van der Waals surface area contributed by atoms with E-state index in [0.29, 0.717) is 10.4 Å². The van der Waals surface area contributed by atoms with Gasteiger partial charge in [-0.3, -0.25) is 0 Å². The van der Waals surface area contributed by atoms with Crippen molar-refractivity contribution in [1.29, 1.82) is 0 Å². The summed E-state index contributed by atoms with van der Waals surface area (Å²) in [5, 5.41) is 0.591. The third-order valence-corrected chi connectivity index (χ3v) is 7.28. The Morgan fingerprint density at radius 1 is 0.974 bits per heavy atom. The summed E-state index contributed by atoms with van der Waals surface area (Å²) >= 11 is 5.73. The summed E-state index contributed by atoms with van der Waals surface area (Å²) in [6.07, 6.45) is 12.2. The second kappa shape index (κ2) is 27.6. The summed E-state index contributed by atoms with van der Waals surface area (Å²) in [5.74, 6) is 1.61. The minimum Gasteiger partial charge on any atom is -0.540 e. The van der Waals surface area contributed by atoms with Gasteiger partial charge in [-0.15, -0.1) is 0 Å². The van der Waals surface area contributed by atoms with E-state index in [-0.39, 0.29) is 63.6 Å². The summed E-state index contributed by atoms with van der Waals surface area (Å²) in [7, 11) is -3.52. The maximum atomic E-state index is 11.3. The van der Waals surface area contributed by atoms with Crippen LogP contribution in [-0.2, 0) is 21.2 Å². The molecule has 1 aromatic rings.